The van der Waals surface area contributed by atoms with E-state index < -0.39 is 16.0 Å². The van der Waals surface area contributed by atoms with Crippen LogP contribution in [0.4, 0.5) is 11.4 Å². The van der Waals surface area contributed by atoms with Crippen molar-refractivity contribution in [1.29, 1.82) is 0 Å². The van der Waals surface area contributed by atoms with Crippen molar-refractivity contribution < 1.29 is 23.1 Å². The van der Waals surface area contributed by atoms with E-state index in [4.69, 9.17) is 4.74 Å². The summed E-state index contributed by atoms with van der Waals surface area (Å²) >= 11 is 0. The summed E-state index contributed by atoms with van der Waals surface area (Å²) in [6.45, 7) is 6.26. The molecule has 2 N–H and O–H groups in total. The van der Waals surface area contributed by atoms with Crippen LogP contribution in [-0.4, -0.2) is 64.2 Å². The average Bonchev–Trinajstić information content (AvgIpc) is 2.73. The minimum absolute atomic E-state index is 0.0216. The molecule has 2 aromatic rings. The van der Waals surface area contributed by atoms with Crippen molar-refractivity contribution in [3.05, 3.63) is 48.0 Å². The molecule has 1 aliphatic rings. The minimum Gasteiger partial charge on any atom is -0.497 e. The van der Waals surface area contributed by atoms with Crippen LogP contribution in [0.3, 0.4) is 0 Å². The summed E-state index contributed by atoms with van der Waals surface area (Å²) in [7, 11) is -2.39. The van der Waals surface area contributed by atoms with Gasteiger partial charge in [-0.15, -0.1) is 0 Å². The van der Waals surface area contributed by atoms with Gasteiger partial charge in [-0.1, -0.05) is 6.92 Å². The molecule has 0 aliphatic carbocycles. The monoisotopic (exact) mass is 419 g/mol. The van der Waals surface area contributed by atoms with Crippen LogP contribution in [0, 0.1) is 0 Å². The Bertz CT molecular complexity index is 968. The summed E-state index contributed by atoms with van der Waals surface area (Å²) in [5, 5.41) is 9.34. The lowest BCUT2D eigenvalue weighted by molar-refractivity contribution is 0.0697. The fourth-order valence-corrected chi connectivity index (χ4v) is 4.36. The zero-order chi connectivity index (χ0) is 21.0. The molecular formula is C20H25N3O5S. The number of anilines is 2. The highest BCUT2D eigenvalue weighted by molar-refractivity contribution is 7.92. The zero-order valence-electron chi connectivity index (χ0n) is 16.5. The third-order valence-corrected chi connectivity index (χ3v) is 6.40. The highest BCUT2D eigenvalue weighted by atomic mass is 32.2. The van der Waals surface area contributed by atoms with Gasteiger partial charge in [-0.2, -0.15) is 0 Å². The van der Waals surface area contributed by atoms with Crippen molar-refractivity contribution in [2.75, 3.05) is 49.5 Å². The number of ether oxygens (including phenoxy) is 1. The number of methoxy groups -OCH3 is 1. The molecule has 0 saturated carbocycles. The predicted octanol–water partition coefficient (Wildman–Crippen LogP) is 2.34. The van der Waals surface area contributed by atoms with Crippen LogP contribution in [0.2, 0.25) is 0 Å². The van der Waals surface area contributed by atoms with E-state index in [1.807, 2.05) is 0 Å². The molecule has 1 saturated heterocycles. The number of aromatic carboxylic acids is 1. The molecule has 1 heterocycles. The summed E-state index contributed by atoms with van der Waals surface area (Å²) in [6.07, 6.45) is 0. The Labute approximate surface area is 170 Å². The summed E-state index contributed by atoms with van der Waals surface area (Å²) < 4.78 is 33.4. The Kier molecular flexibility index (Phi) is 6.29. The molecule has 0 atom stereocenters. The molecule has 8 nitrogen and oxygen atoms in total. The fourth-order valence-electron chi connectivity index (χ4n) is 3.29. The quantitative estimate of drug-likeness (QED) is 0.711. The van der Waals surface area contributed by atoms with Gasteiger partial charge in [0, 0.05) is 26.2 Å². The van der Waals surface area contributed by atoms with E-state index >= 15 is 0 Å². The number of carboxylic acid groups (broad SMARTS) is 1. The van der Waals surface area contributed by atoms with E-state index in [1.165, 1.54) is 31.4 Å². The average molecular weight is 420 g/mol. The number of nitrogens with zero attached hydrogens (tertiary/aromatic N) is 2. The van der Waals surface area contributed by atoms with Crippen LogP contribution in [0.5, 0.6) is 5.75 Å². The minimum atomic E-state index is -3.89. The largest absolute Gasteiger partial charge is 0.497 e. The summed E-state index contributed by atoms with van der Waals surface area (Å²) in [4.78, 5) is 15.9. The Balaban J connectivity index is 1.93. The molecule has 9 heteroatoms. The number of carbonyl (C=O) groups is 1. The molecule has 0 unspecified atom stereocenters. The summed E-state index contributed by atoms with van der Waals surface area (Å²) in [5.74, 6) is -0.566. The molecular weight excluding hydrogens is 394 g/mol. The summed E-state index contributed by atoms with van der Waals surface area (Å²) in [6, 6.07) is 10.5. The van der Waals surface area contributed by atoms with Crippen LogP contribution >= 0.6 is 0 Å². The first kappa shape index (κ1) is 20.9. The maximum absolute atomic E-state index is 12.9. The number of benzene rings is 2. The van der Waals surface area contributed by atoms with Crippen LogP contribution in [0.25, 0.3) is 0 Å². The van der Waals surface area contributed by atoms with Crippen molar-refractivity contribution in [1.82, 2.24) is 4.90 Å². The van der Waals surface area contributed by atoms with Gasteiger partial charge < -0.3 is 19.6 Å². The van der Waals surface area contributed by atoms with Crippen LogP contribution in [0.1, 0.15) is 17.3 Å². The zero-order valence-corrected chi connectivity index (χ0v) is 17.3. The van der Waals surface area contributed by atoms with Crippen LogP contribution in [0.15, 0.2) is 47.4 Å². The number of carboxylic acids is 1. The van der Waals surface area contributed by atoms with Gasteiger partial charge in [0.25, 0.3) is 10.0 Å². The lowest BCUT2D eigenvalue weighted by Gasteiger charge is -2.36. The highest BCUT2D eigenvalue weighted by Gasteiger charge is 2.23. The summed E-state index contributed by atoms with van der Waals surface area (Å²) in [5.41, 5.74) is 0.946. The topological polar surface area (TPSA) is 99.2 Å². The Morgan fingerprint density at radius 2 is 1.76 bits per heavy atom. The predicted molar refractivity (Wildman–Crippen MR) is 112 cm³/mol. The van der Waals surface area contributed by atoms with Gasteiger partial charge in [0.1, 0.15) is 5.75 Å². The van der Waals surface area contributed by atoms with Gasteiger partial charge in [0.15, 0.2) is 0 Å². The van der Waals surface area contributed by atoms with Gasteiger partial charge in [-0.25, -0.2) is 13.2 Å². The van der Waals surface area contributed by atoms with Crippen molar-refractivity contribution in [2.45, 2.75) is 11.8 Å². The Morgan fingerprint density at radius 1 is 1.10 bits per heavy atom. The van der Waals surface area contributed by atoms with E-state index in [1.54, 1.807) is 18.2 Å². The smallest absolute Gasteiger partial charge is 0.335 e. The molecule has 29 heavy (non-hydrogen) atoms. The molecule has 3 rings (SSSR count). The molecule has 0 bridgehead atoms. The van der Waals surface area contributed by atoms with Crippen LogP contribution in [-0.2, 0) is 10.0 Å². The van der Waals surface area contributed by atoms with E-state index in [2.05, 4.69) is 21.4 Å². The van der Waals surface area contributed by atoms with Crippen molar-refractivity contribution in [2.24, 2.45) is 0 Å². The molecule has 156 valence electrons. The number of nitrogens with one attached hydrogen (secondary N) is 1. The first-order valence-electron chi connectivity index (χ1n) is 9.35. The molecule has 1 aliphatic heterocycles. The van der Waals surface area contributed by atoms with Gasteiger partial charge in [0.05, 0.1) is 28.9 Å². The standard InChI is InChI=1S/C20H25N3O5S/c1-3-22-10-12-23(13-11-22)19-9-4-15(20(24)25)14-18(19)21-29(26,27)17-7-5-16(28-2)6-8-17/h4-9,14,21H,3,10-13H2,1-2H3,(H,24,25). The van der Waals surface area contributed by atoms with E-state index in [9.17, 15) is 18.3 Å². The molecule has 2 aromatic carbocycles. The third kappa shape index (κ3) is 4.80. The lowest BCUT2D eigenvalue weighted by atomic mass is 10.1. The highest BCUT2D eigenvalue weighted by Crippen LogP contribution is 2.31. The van der Waals surface area contributed by atoms with Gasteiger partial charge in [0.2, 0.25) is 0 Å². The molecule has 0 amide bonds. The molecule has 0 spiro atoms. The van der Waals surface area contributed by atoms with Crippen molar-refractivity contribution in [3.8, 4) is 5.75 Å². The molecule has 0 aromatic heterocycles. The fraction of sp³-hybridized carbons (Fsp3) is 0.350. The number of rotatable bonds is 7. The van der Waals surface area contributed by atoms with Crippen molar-refractivity contribution in [3.63, 3.8) is 0 Å². The first-order chi connectivity index (χ1) is 13.8. The Morgan fingerprint density at radius 3 is 2.31 bits per heavy atom. The van der Waals surface area contributed by atoms with Crippen molar-refractivity contribution >= 4 is 27.4 Å². The number of sulfonamides is 1. The second-order valence-corrected chi connectivity index (χ2v) is 8.42. The van der Waals surface area contributed by atoms with E-state index in [0.717, 1.165) is 32.7 Å². The van der Waals surface area contributed by atoms with Crippen LogP contribution < -0.4 is 14.4 Å². The normalized spacial score (nSPS) is 15.2. The first-order valence-corrected chi connectivity index (χ1v) is 10.8. The van der Waals surface area contributed by atoms with Gasteiger partial charge in [-0.05, 0) is 49.0 Å². The van der Waals surface area contributed by atoms with E-state index in [-0.39, 0.29) is 16.1 Å². The maximum Gasteiger partial charge on any atom is 0.335 e. The number of hydrogen-bond acceptors (Lipinski definition) is 6. The second-order valence-electron chi connectivity index (χ2n) is 6.74. The third-order valence-electron chi connectivity index (χ3n) is 5.02. The van der Waals surface area contributed by atoms with E-state index in [0.29, 0.717) is 11.4 Å². The number of piperazine rings is 1. The number of hydrogen-bond donors (Lipinski definition) is 2. The SMILES string of the molecule is CCN1CCN(c2ccc(C(=O)O)cc2NS(=O)(=O)c2ccc(OC)cc2)CC1. The maximum atomic E-state index is 12.9. The lowest BCUT2D eigenvalue weighted by Crippen LogP contribution is -2.46. The van der Waals surface area contributed by atoms with Gasteiger partial charge in [-0.3, -0.25) is 4.72 Å². The number of likely N-dealkylation sites (N-methyl/N-ethyl adjacent to an activating group) is 1. The second kappa shape index (κ2) is 8.71. The Hall–Kier alpha value is -2.78. The molecule has 1 fully saturated rings. The molecule has 0 radical (unpaired) electrons. The van der Waals surface area contributed by atoms with Gasteiger partial charge >= 0.3 is 5.97 Å².